The fourth-order valence-corrected chi connectivity index (χ4v) is 2.11. The number of hydrogen-bond acceptors (Lipinski definition) is 4. The fourth-order valence-electron chi connectivity index (χ4n) is 1.41. The van der Waals surface area contributed by atoms with Gasteiger partial charge in [0.1, 0.15) is 0 Å². The van der Waals surface area contributed by atoms with Gasteiger partial charge in [-0.05, 0) is 32.2 Å². The van der Waals surface area contributed by atoms with E-state index in [1.54, 1.807) is 11.3 Å². The molecule has 0 spiro atoms. The first kappa shape index (κ1) is 12.3. The molecule has 0 fully saturated rings. The predicted octanol–water partition coefficient (Wildman–Crippen LogP) is 2.28. The van der Waals surface area contributed by atoms with E-state index in [4.69, 9.17) is 0 Å². The number of thiophene rings is 1. The van der Waals surface area contributed by atoms with Crippen molar-refractivity contribution in [3.63, 3.8) is 0 Å². The second-order valence-electron chi connectivity index (χ2n) is 5.09. The molecule has 0 saturated carbocycles. The minimum Gasteiger partial charge on any atom is -0.306 e. The van der Waals surface area contributed by atoms with Crippen molar-refractivity contribution in [2.24, 2.45) is 0 Å². The van der Waals surface area contributed by atoms with Crippen LogP contribution < -0.4 is 5.32 Å². The van der Waals surface area contributed by atoms with Crippen LogP contribution in [0.2, 0.25) is 0 Å². The van der Waals surface area contributed by atoms with Crippen LogP contribution in [-0.2, 0) is 13.1 Å². The van der Waals surface area contributed by atoms with Crippen LogP contribution in [0, 0.1) is 0 Å². The molecule has 0 aliphatic heterocycles. The minimum atomic E-state index is 0.109. The summed E-state index contributed by atoms with van der Waals surface area (Å²) in [6, 6.07) is 4.17. The summed E-state index contributed by atoms with van der Waals surface area (Å²) in [6.07, 6.45) is 2.00. The number of nitrogens with zero attached hydrogens (tertiary/aromatic N) is 3. The lowest BCUT2D eigenvalue weighted by molar-refractivity contribution is 0.421. The molecule has 2 aromatic rings. The highest BCUT2D eigenvalue weighted by molar-refractivity contribution is 7.09. The van der Waals surface area contributed by atoms with Crippen LogP contribution in [0.15, 0.2) is 23.7 Å². The Labute approximate surface area is 106 Å². The van der Waals surface area contributed by atoms with E-state index in [1.165, 1.54) is 4.88 Å². The lowest BCUT2D eigenvalue weighted by Crippen LogP contribution is -2.35. The summed E-state index contributed by atoms with van der Waals surface area (Å²) in [7, 11) is 0. The smallest absolute Gasteiger partial charge is 0.0965 e. The van der Waals surface area contributed by atoms with Crippen molar-refractivity contribution in [2.75, 3.05) is 0 Å². The minimum absolute atomic E-state index is 0.109. The Morgan fingerprint density at radius 1 is 1.41 bits per heavy atom. The molecule has 2 heterocycles. The highest BCUT2D eigenvalue weighted by atomic mass is 32.1. The van der Waals surface area contributed by atoms with Gasteiger partial charge in [-0.25, -0.2) is 4.68 Å². The standard InChI is InChI=1S/C12H18N4S/c1-12(2,3)13-7-10-8-16(15-14-10)9-11-5-4-6-17-11/h4-6,8,13H,7,9H2,1-3H3. The molecule has 0 amide bonds. The van der Waals surface area contributed by atoms with E-state index in [9.17, 15) is 0 Å². The van der Waals surface area contributed by atoms with E-state index >= 15 is 0 Å². The predicted molar refractivity (Wildman–Crippen MR) is 70.0 cm³/mol. The monoisotopic (exact) mass is 250 g/mol. The van der Waals surface area contributed by atoms with Crippen LogP contribution in [0.25, 0.3) is 0 Å². The van der Waals surface area contributed by atoms with Gasteiger partial charge in [-0.2, -0.15) is 0 Å². The van der Waals surface area contributed by atoms with Gasteiger partial charge in [0.2, 0.25) is 0 Å². The average molecular weight is 250 g/mol. The van der Waals surface area contributed by atoms with Crippen molar-refractivity contribution in [3.05, 3.63) is 34.3 Å². The maximum absolute atomic E-state index is 4.15. The number of rotatable bonds is 4. The van der Waals surface area contributed by atoms with E-state index in [2.05, 4.69) is 53.9 Å². The first-order valence-electron chi connectivity index (χ1n) is 5.69. The van der Waals surface area contributed by atoms with Gasteiger partial charge in [0.25, 0.3) is 0 Å². The SMILES string of the molecule is CC(C)(C)NCc1cn(Cc2cccs2)nn1. The Bertz CT molecular complexity index is 453. The van der Waals surface area contributed by atoms with Gasteiger partial charge in [-0.15, -0.1) is 16.4 Å². The van der Waals surface area contributed by atoms with Crippen LogP contribution in [-0.4, -0.2) is 20.5 Å². The highest BCUT2D eigenvalue weighted by Gasteiger charge is 2.10. The van der Waals surface area contributed by atoms with Crippen LogP contribution in [0.3, 0.4) is 0 Å². The van der Waals surface area contributed by atoms with Gasteiger partial charge in [-0.3, -0.25) is 0 Å². The second kappa shape index (κ2) is 4.98. The van der Waals surface area contributed by atoms with Crippen LogP contribution in [0.5, 0.6) is 0 Å². The number of hydrogen-bond donors (Lipinski definition) is 1. The van der Waals surface area contributed by atoms with Crippen LogP contribution in [0.1, 0.15) is 31.3 Å². The van der Waals surface area contributed by atoms with Crippen molar-refractivity contribution in [1.82, 2.24) is 20.3 Å². The molecule has 0 aliphatic rings. The van der Waals surface area contributed by atoms with Gasteiger partial charge >= 0.3 is 0 Å². The topological polar surface area (TPSA) is 42.7 Å². The van der Waals surface area contributed by atoms with Gasteiger partial charge in [0.05, 0.1) is 18.4 Å². The van der Waals surface area contributed by atoms with E-state index in [-0.39, 0.29) is 5.54 Å². The van der Waals surface area contributed by atoms with E-state index in [0.29, 0.717) is 0 Å². The van der Waals surface area contributed by atoms with E-state index in [1.807, 2.05) is 10.9 Å². The quantitative estimate of drug-likeness (QED) is 0.905. The first-order valence-corrected chi connectivity index (χ1v) is 6.57. The van der Waals surface area contributed by atoms with Gasteiger partial charge in [-0.1, -0.05) is 11.3 Å². The molecule has 0 atom stereocenters. The normalized spacial score (nSPS) is 11.9. The number of nitrogens with one attached hydrogen (secondary N) is 1. The fraction of sp³-hybridized carbons (Fsp3) is 0.500. The molecule has 0 saturated heterocycles. The molecular weight excluding hydrogens is 232 g/mol. The first-order chi connectivity index (χ1) is 8.03. The van der Waals surface area contributed by atoms with E-state index in [0.717, 1.165) is 18.8 Å². The maximum Gasteiger partial charge on any atom is 0.0965 e. The van der Waals surface area contributed by atoms with Gasteiger partial charge in [0, 0.05) is 17.0 Å². The second-order valence-corrected chi connectivity index (χ2v) is 6.12. The summed E-state index contributed by atoms with van der Waals surface area (Å²) >= 11 is 1.74. The van der Waals surface area contributed by atoms with Crippen molar-refractivity contribution in [3.8, 4) is 0 Å². The molecule has 17 heavy (non-hydrogen) atoms. The lowest BCUT2D eigenvalue weighted by Gasteiger charge is -2.19. The summed E-state index contributed by atoms with van der Waals surface area (Å²) in [6.45, 7) is 7.99. The zero-order valence-electron chi connectivity index (χ0n) is 10.5. The molecule has 1 N–H and O–H groups in total. The Kier molecular flexibility index (Phi) is 3.59. The molecule has 0 bridgehead atoms. The molecule has 2 rings (SSSR count). The molecular formula is C12H18N4S. The Morgan fingerprint density at radius 2 is 2.24 bits per heavy atom. The van der Waals surface area contributed by atoms with Crippen molar-refractivity contribution < 1.29 is 0 Å². The third-order valence-electron chi connectivity index (χ3n) is 2.28. The molecule has 0 unspecified atom stereocenters. The van der Waals surface area contributed by atoms with Crippen molar-refractivity contribution >= 4 is 11.3 Å². The Hall–Kier alpha value is -1.20. The zero-order chi connectivity index (χ0) is 12.3. The summed E-state index contributed by atoms with van der Waals surface area (Å²) < 4.78 is 1.88. The Morgan fingerprint density at radius 3 is 2.88 bits per heavy atom. The van der Waals surface area contributed by atoms with Crippen molar-refractivity contribution in [2.45, 2.75) is 39.4 Å². The van der Waals surface area contributed by atoms with Crippen LogP contribution >= 0.6 is 11.3 Å². The van der Waals surface area contributed by atoms with Crippen molar-refractivity contribution in [1.29, 1.82) is 0 Å². The highest BCUT2D eigenvalue weighted by Crippen LogP contribution is 2.10. The third kappa shape index (κ3) is 3.94. The summed E-state index contributed by atoms with van der Waals surface area (Å²) in [5.41, 5.74) is 1.09. The van der Waals surface area contributed by atoms with Crippen LogP contribution in [0.4, 0.5) is 0 Å². The molecule has 0 aromatic carbocycles. The van der Waals surface area contributed by atoms with E-state index < -0.39 is 0 Å². The molecule has 0 aliphatic carbocycles. The maximum atomic E-state index is 4.15. The molecule has 2 aromatic heterocycles. The summed E-state index contributed by atoms with van der Waals surface area (Å²) in [5.74, 6) is 0. The molecule has 92 valence electrons. The molecule has 5 heteroatoms. The largest absolute Gasteiger partial charge is 0.306 e. The van der Waals surface area contributed by atoms with Gasteiger partial charge < -0.3 is 5.32 Å². The zero-order valence-corrected chi connectivity index (χ0v) is 11.3. The molecule has 4 nitrogen and oxygen atoms in total. The molecule has 0 radical (unpaired) electrons. The van der Waals surface area contributed by atoms with Gasteiger partial charge in [0.15, 0.2) is 0 Å². The number of aromatic nitrogens is 3. The summed E-state index contributed by atoms with van der Waals surface area (Å²) in [5, 5.41) is 13.8. The Balaban J connectivity index is 1.92. The third-order valence-corrected chi connectivity index (χ3v) is 3.15. The summed E-state index contributed by atoms with van der Waals surface area (Å²) in [4.78, 5) is 1.30. The average Bonchev–Trinajstić information content (AvgIpc) is 2.86. The lowest BCUT2D eigenvalue weighted by atomic mass is 10.1.